The molecule has 0 aromatic rings. The van der Waals surface area contributed by atoms with Crippen molar-refractivity contribution in [2.75, 3.05) is 53.1 Å². The third-order valence-electron chi connectivity index (χ3n) is 7.54. The first-order valence-electron chi connectivity index (χ1n) is 11.6. The standard InChI is InChI=1S/C22H37N3O4/c1-28-15-13-24-16-22(10-14-29-17-22)25(21(24)27)19-8-11-23(12-9-19)20(26)7-6-18-4-2-3-5-18/h18-19H,2-17H2,1H3. The molecule has 4 fully saturated rings. The zero-order valence-electron chi connectivity index (χ0n) is 17.9. The van der Waals surface area contributed by atoms with Crippen molar-refractivity contribution >= 4 is 11.9 Å². The molecule has 4 rings (SSSR count). The van der Waals surface area contributed by atoms with E-state index in [1.165, 1.54) is 25.7 Å². The van der Waals surface area contributed by atoms with Crippen molar-refractivity contribution in [1.82, 2.24) is 14.7 Å². The Balaban J connectivity index is 1.32. The van der Waals surface area contributed by atoms with E-state index in [2.05, 4.69) is 4.90 Å². The highest BCUT2D eigenvalue weighted by Gasteiger charge is 2.54. The zero-order chi connectivity index (χ0) is 20.3. The van der Waals surface area contributed by atoms with Crippen LogP contribution in [0.2, 0.25) is 0 Å². The molecule has 164 valence electrons. The van der Waals surface area contributed by atoms with Crippen molar-refractivity contribution in [2.24, 2.45) is 5.92 Å². The number of likely N-dealkylation sites (tertiary alicyclic amines) is 1. The van der Waals surface area contributed by atoms with E-state index < -0.39 is 0 Å². The van der Waals surface area contributed by atoms with Crippen molar-refractivity contribution in [3.05, 3.63) is 0 Å². The van der Waals surface area contributed by atoms with Gasteiger partial charge in [0.1, 0.15) is 0 Å². The predicted molar refractivity (Wildman–Crippen MR) is 110 cm³/mol. The number of carbonyl (C=O) groups is 2. The number of amides is 3. The van der Waals surface area contributed by atoms with Crippen LogP contribution in [-0.4, -0.2) is 91.3 Å². The number of hydrogen-bond donors (Lipinski definition) is 0. The lowest BCUT2D eigenvalue weighted by Gasteiger charge is -2.42. The van der Waals surface area contributed by atoms with E-state index in [9.17, 15) is 9.59 Å². The highest BCUT2D eigenvalue weighted by molar-refractivity contribution is 5.79. The van der Waals surface area contributed by atoms with Crippen molar-refractivity contribution < 1.29 is 19.1 Å². The molecule has 4 aliphatic rings. The van der Waals surface area contributed by atoms with Crippen LogP contribution in [0.15, 0.2) is 0 Å². The van der Waals surface area contributed by atoms with Crippen LogP contribution in [0, 0.1) is 5.92 Å². The number of hydrogen-bond acceptors (Lipinski definition) is 4. The Hall–Kier alpha value is -1.34. The van der Waals surface area contributed by atoms with E-state index in [1.54, 1.807) is 7.11 Å². The minimum Gasteiger partial charge on any atom is -0.383 e. The summed E-state index contributed by atoms with van der Waals surface area (Å²) in [4.78, 5) is 32.0. The summed E-state index contributed by atoms with van der Waals surface area (Å²) < 4.78 is 10.9. The SMILES string of the molecule is COCCN1CC2(CCOC2)N(C2CCN(C(=O)CCC3CCCC3)CC2)C1=O. The van der Waals surface area contributed by atoms with Crippen LogP contribution in [-0.2, 0) is 14.3 Å². The molecule has 0 aromatic heterocycles. The van der Waals surface area contributed by atoms with Gasteiger partial charge in [0.25, 0.3) is 0 Å². The molecule has 0 aromatic carbocycles. The second-order valence-electron chi connectivity index (χ2n) is 9.39. The number of rotatable bonds is 7. The number of piperidine rings is 1. The quantitative estimate of drug-likeness (QED) is 0.651. The van der Waals surface area contributed by atoms with Crippen LogP contribution < -0.4 is 0 Å². The van der Waals surface area contributed by atoms with E-state index in [0.717, 1.165) is 57.8 Å². The van der Waals surface area contributed by atoms with Crippen molar-refractivity contribution in [3.63, 3.8) is 0 Å². The van der Waals surface area contributed by atoms with Crippen LogP contribution in [0.25, 0.3) is 0 Å². The maximum absolute atomic E-state index is 13.2. The van der Waals surface area contributed by atoms with Gasteiger partial charge in [-0.1, -0.05) is 25.7 Å². The van der Waals surface area contributed by atoms with E-state index >= 15 is 0 Å². The van der Waals surface area contributed by atoms with Crippen molar-refractivity contribution in [1.29, 1.82) is 0 Å². The molecule has 3 heterocycles. The second-order valence-corrected chi connectivity index (χ2v) is 9.39. The minimum absolute atomic E-state index is 0.124. The summed E-state index contributed by atoms with van der Waals surface area (Å²) in [5.74, 6) is 1.07. The first-order chi connectivity index (χ1) is 14.1. The van der Waals surface area contributed by atoms with Gasteiger partial charge in [-0.3, -0.25) is 4.79 Å². The number of ether oxygens (including phenoxy) is 2. The number of urea groups is 1. The fourth-order valence-corrected chi connectivity index (χ4v) is 5.84. The van der Waals surface area contributed by atoms with Gasteiger partial charge in [0.15, 0.2) is 0 Å². The van der Waals surface area contributed by atoms with Gasteiger partial charge >= 0.3 is 6.03 Å². The van der Waals surface area contributed by atoms with Crippen LogP contribution >= 0.6 is 0 Å². The molecule has 1 unspecified atom stereocenters. The first-order valence-corrected chi connectivity index (χ1v) is 11.6. The molecule has 0 radical (unpaired) electrons. The normalized spacial score (nSPS) is 29.0. The largest absolute Gasteiger partial charge is 0.383 e. The molecule has 0 bridgehead atoms. The Labute approximate surface area is 174 Å². The monoisotopic (exact) mass is 407 g/mol. The van der Waals surface area contributed by atoms with Gasteiger partial charge < -0.3 is 24.2 Å². The Morgan fingerprint density at radius 3 is 2.62 bits per heavy atom. The van der Waals surface area contributed by atoms with Gasteiger partial charge in [-0.25, -0.2) is 4.79 Å². The number of carbonyl (C=O) groups excluding carboxylic acids is 2. The summed E-state index contributed by atoms with van der Waals surface area (Å²) in [5, 5.41) is 0. The molecule has 1 spiro atoms. The second kappa shape index (κ2) is 9.21. The molecule has 3 amide bonds. The highest BCUT2D eigenvalue weighted by atomic mass is 16.5. The lowest BCUT2D eigenvalue weighted by molar-refractivity contribution is -0.133. The summed E-state index contributed by atoms with van der Waals surface area (Å²) in [7, 11) is 1.67. The van der Waals surface area contributed by atoms with E-state index in [-0.39, 0.29) is 17.6 Å². The lowest BCUT2D eigenvalue weighted by atomic mass is 9.92. The number of methoxy groups -OCH3 is 1. The maximum atomic E-state index is 13.2. The molecule has 0 N–H and O–H groups in total. The van der Waals surface area contributed by atoms with Crippen LogP contribution in [0.5, 0.6) is 0 Å². The molecule has 1 atom stereocenters. The van der Waals surface area contributed by atoms with Gasteiger partial charge in [-0.05, 0) is 31.6 Å². The smallest absolute Gasteiger partial charge is 0.321 e. The molecule has 29 heavy (non-hydrogen) atoms. The fraction of sp³-hybridized carbons (Fsp3) is 0.909. The summed E-state index contributed by atoms with van der Waals surface area (Å²) in [5.41, 5.74) is -0.190. The average molecular weight is 408 g/mol. The van der Waals surface area contributed by atoms with Gasteiger partial charge in [0, 0.05) is 52.4 Å². The van der Waals surface area contributed by atoms with E-state index in [4.69, 9.17) is 9.47 Å². The van der Waals surface area contributed by atoms with Crippen LogP contribution in [0.1, 0.15) is 57.8 Å². The van der Waals surface area contributed by atoms with Gasteiger partial charge in [0.05, 0.1) is 18.8 Å². The van der Waals surface area contributed by atoms with Crippen LogP contribution in [0.4, 0.5) is 4.79 Å². The van der Waals surface area contributed by atoms with E-state index in [0.29, 0.717) is 32.1 Å². The summed E-state index contributed by atoms with van der Waals surface area (Å²) in [6.07, 6.45) is 9.68. The fourth-order valence-electron chi connectivity index (χ4n) is 5.84. The lowest BCUT2D eigenvalue weighted by Crippen LogP contribution is -2.56. The van der Waals surface area contributed by atoms with Gasteiger partial charge in [-0.2, -0.15) is 0 Å². The third kappa shape index (κ3) is 4.41. The highest BCUT2D eigenvalue weighted by Crippen LogP contribution is 2.38. The summed E-state index contributed by atoms with van der Waals surface area (Å²) in [6, 6.07) is 0.328. The average Bonchev–Trinajstić information content (AvgIpc) is 3.47. The molecular formula is C22H37N3O4. The maximum Gasteiger partial charge on any atom is 0.321 e. The van der Waals surface area contributed by atoms with Crippen LogP contribution in [0.3, 0.4) is 0 Å². The van der Waals surface area contributed by atoms with Crippen molar-refractivity contribution in [3.8, 4) is 0 Å². The van der Waals surface area contributed by atoms with Gasteiger partial charge in [-0.15, -0.1) is 0 Å². The van der Waals surface area contributed by atoms with E-state index in [1.807, 2.05) is 9.80 Å². The summed E-state index contributed by atoms with van der Waals surface area (Å²) >= 11 is 0. The molecule has 7 heteroatoms. The Morgan fingerprint density at radius 2 is 1.97 bits per heavy atom. The molecule has 1 aliphatic carbocycles. The zero-order valence-corrected chi connectivity index (χ0v) is 17.9. The minimum atomic E-state index is -0.190. The molecule has 1 saturated carbocycles. The Morgan fingerprint density at radius 1 is 1.21 bits per heavy atom. The Kier molecular flexibility index (Phi) is 6.64. The third-order valence-corrected chi connectivity index (χ3v) is 7.54. The van der Waals surface area contributed by atoms with Crippen molar-refractivity contribution in [2.45, 2.75) is 69.4 Å². The molecule has 3 saturated heterocycles. The molecule has 7 nitrogen and oxygen atoms in total. The molecular weight excluding hydrogens is 370 g/mol. The topological polar surface area (TPSA) is 62.3 Å². The predicted octanol–water partition coefficient (Wildman–Crippen LogP) is 2.49. The van der Waals surface area contributed by atoms with Gasteiger partial charge in [0.2, 0.25) is 5.91 Å². The first kappa shape index (κ1) is 20.9. The Bertz CT molecular complexity index is 579. The number of nitrogens with zero attached hydrogens (tertiary/aromatic N) is 3. The molecule has 3 aliphatic heterocycles. The summed E-state index contributed by atoms with van der Waals surface area (Å²) in [6.45, 7) is 4.81.